The predicted octanol–water partition coefficient (Wildman–Crippen LogP) is 4.80. The summed E-state index contributed by atoms with van der Waals surface area (Å²) < 4.78 is 24.6. The maximum Gasteiger partial charge on any atom is 0.342 e. The molecule has 3 aromatic carbocycles. The molecule has 0 aromatic heterocycles. The first kappa shape index (κ1) is 19.1. The molecule has 6 heteroatoms. The van der Waals surface area contributed by atoms with Gasteiger partial charge in [0.25, 0.3) is 5.91 Å². The molecule has 1 N–H and O–H groups in total. The lowest BCUT2D eigenvalue weighted by Crippen LogP contribution is -2.30. The summed E-state index contributed by atoms with van der Waals surface area (Å²) in [5, 5.41) is 2.40. The van der Waals surface area contributed by atoms with Crippen LogP contribution >= 0.6 is 0 Å². The molecule has 0 radical (unpaired) electrons. The molecule has 0 bridgehead atoms. The number of ether oxygens (including phenoxy) is 2. The van der Waals surface area contributed by atoms with E-state index in [9.17, 15) is 14.0 Å². The minimum absolute atomic E-state index is 0.0169. The second kappa shape index (κ2) is 8.81. The maximum atomic E-state index is 13.7. The van der Waals surface area contributed by atoms with E-state index in [1.807, 2.05) is 18.2 Å². The van der Waals surface area contributed by atoms with E-state index >= 15 is 0 Å². The van der Waals surface area contributed by atoms with Gasteiger partial charge in [-0.1, -0.05) is 42.5 Å². The first-order chi connectivity index (χ1) is 13.5. The number of hydrogen-bond acceptors (Lipinski definition) is 4. The van der Waals surface area contributed by atoms with E-state index < -0.39 is 23.8 Å². The first-order valence-electron chi connectivity index (χ1n) is 8.63. The molecule has 0 saturated heterocycles. The third-order valence-corrected chi connectivity index (χ3v) is 3.86. The number of para-hydroxylation sites is 3. The molecule has 0 aliphatic rings. The normalized spacial score (nSPS) is 11.4. The number of halogens is 1. The number of hydrogen-bond donors (Lipinski definition) is 1. The maximum absolute atomic E-state index is 13.7. The second-order valence-corrected chi connectivity index (χ2v) is 5.93. The fourth-order valence-electron chi connectivity index (χ4n) is 2.41. The number of carbonyl (C=O) groups is 2. The van der Waals surface area contributed by atoms with E-state index in [4.69, 9.17) is 9.47 Å². The van der Waals surface area contributed by atoms with Crippen LogP contribution in [0.2, 0.25) is 0 Å². The van der Waals surface area contributed by atoms with Gasteiger partial charge in [0, 0.05) is 0 Å². The number of esters is 1. The summed E-state index contributed by atoms with van der Waals surface area (Å²) in [6, 6.07) is 21.3. The van der Waals surface area contributed by atoms with Gasteiger partial charge in [-0.25, -0.2) is 9.18 Å². The van der Waals surface area contributed by atoms with Crippen molar-refractivity contribution in [3.63, 3.8) is 0 Å². The lowest BCUT2D eigenvalue weighted by molar-refractivity contribution is -0.123. The van der Waals surface area contributed by atoms with Crippen molar-refractivity contribution >= 4 is 17.6 Å². The van der Waals surface area contributed by atoms with Gasteiger partial charge in [0.1, 0.15) is 22.9 Å². The molecule has 3 rings (SSSR count). The third-order valence-electron chi connectivity index (χ3n) is 3.86. The molecule has 0 aliphatic heterocycles. The fourth-order valence-corrected chi connectivity index (χ4v) is 2.41. The number of nitrogens with one attached hydrogen (secondary N) is 1. The number of amides is 1. The Morgan fingerprint density at radius 3 is 2.29 bits per heavy atom. The monoisotopic (exact) mass is 379 g/mol. The zero-order valence-corrected chi connectivity index (χ0v) is 15.1. The van der Waals surface area contributed by atoms with E-state index in [0.29, 0.717) is 11.5 Å². The van der Waals surface area contributed by atoms with Gasteiger partial charge in [0.05, 0.1) is 5.69 Å². The first-order valence-corrected chi connectivity index (χ1v) is 8.63. The summed E-state index contributed by atoms with van der Waals surface area (Å²) in [6.45, 7) is 1.41. The molecule has 5 nitrogen and oxygen atoms in total. The highest BCUT2D eigenvalue weighted by Gasteiger charge is 2.22. The lowest BCUT2D eigenvalue weighted by Gasteiger charge is -2.15. The number of benzene rings is 3. The van der Waals surface area contributed by atoms with Gasteiger partial charge in [-0.15, -0.1) is 0 Å². The van der Waals surface area contributed by atoms with Crippen molar-refractivity contribution in [3.8, 4) is 11.5 Å². The van der Waals surface area contributed by atoms with Gasteiger partial charge < -0.3 is 14.8 Å². The van der Waals surface area contributed by atoms with Crippen molar-refractivity contribution in [2.75, 3.05) is 5.32 Å². The fraction of sp³-hybridized carbons (Fsp3) is 0.0909. The molecular formula is C22H18FNO4. The molecule has 0 fully saturated rings. The molecule has 0 spiro atoms. The van der Waals surface area contributed by atoms with E-state index in [2.05, 4.69) is 5.32 Å². The summed E-state index contributed by atoms with van der Waals surface area (Å²) in [6.07, 6.45) is -1.13. The van der Waals surface area contributed by atoms with Crippen molar-refractivity contribution in [1.82, 2.24) is 0 Å². The van der Waals surface area contributed by atoms with Crippen molar-refractivity contribution in [3.05, 3.63) is 90.2 Å². The van der Waals surface area contributed by atoms with Crippen LogP contribution in [0, 0.1) is 5.82 Å². The molecular weight excluding hydrogens is 361 g/mol. The highest BCUT2D eigenvalue weighted by molar-refractivity contribution is 5.98. The topological polar surface area (TPSA) is 64.6 Å². The Labute approximate surface area is 161 Å². The Kier molecular flexibility index (Phi) is 6.01. The second-order valence-electron chi connectivity index (χ2n) is 5.93. The number of rotatable bonds is 6. The Balaban J connectivity index is 1.69. The van der Waals surface area contributed by atoms with Crippen LogP contribution in [0.5, 0.6) is 11.5 Å². The standard InChI is InChI=1S/C22H18FNO4/c1-15(21(25)24-19-13-7-6-12-18(19)23)27-22(26)17-11-5-8-14-20(17)28-16-9-3-2-4-10-16/h2-15H,1H3,(H,24,25)/t15-/m0/s1. The quantitative estimate of drug-likeness (QED) is 0.625. The van der Waals surface area contributed by atoms with Gasteiger partial charge >= 0.3 is 5.97 Å². The minimum atomic E-state index is -1.13. The molecule has 0 heterocycles. The van der Waals surface area contributed by atoms with Gasteiger partial charge in [-0.3, -0.25) is 4.79 Å². The van der Waals surface area contributed by atoms with Gasteiger partial charge in [0.15, 0.2) is 6.10 Å². The average molecular weight is 379 g/mol. The van der Waals surface area contributed by atoms with Gasteiger partial charge in [-0.05, 0) is 43.3 Å². The molecule has 3 aromatic rings. The molecule has 1 amide bonds. The molecule has 28 heavy (non-hydrogen) atoms. The molecule has 0 unspecified atom stereocenters. The Morgan fingerprint density at radius 2 is 1.54 bits per heavy atom. The van der Waals surface area contributed by atoms with Crippen molar-refractivity contribution in [2.45, 2.75) is 13.0 Å². The van der Waals surface area contributed by atoms with Crippen LogP contribution < -0.4 is 10.1 Å². The third kappa shape index (κ3) is 4.73. The van der Waals surface area contributed by atoms with E-state index in [1.165, 1.54) is 25.1 Å². The number of anilines is 1. The van der Waals surface area contributed by atoms with Gasteiger partial charge in [0.2, 0.25) is 0 Å². The van der Waals surface area contributed by atoms with Crippen LogP contribution in [0.1, 0.15) is 17.3 Å². The minimum Gasteiger partial charge on any atom is -0.456 e. The molecule has 142 valence electrons. The molecule has 1 atom stereocenters. The largest absolute Gasteiger partial charge is 0.456 e. The van der Waals surface area contributed by atoms with Crippen LogP contribution in [-0.2, 0) is 9.53 Å². The van der Waals surface area contributed by atoms with Gasteiger partial charge in [-0.2, -0.15) is 0 Å². The van der Waals surface area contributed by atoms with Crippen molar-refractivity contribution < 1.29 is 23.5 Å². The van der Waals surface area contributed by atoms with E-state index in [-0.39, 0.29) is 11.3 Å². The summed E-state index contributed by atoms with van der Waals surface area (Å²) in [5.41, 5.74) is 0.195. The average Bonchev–Trinajstić information content (AvgIpc) is 2.70. The summed E-state index contributed by atoms with van der Waals surface area (Å²) in [5.74, 6) is -1.06. The van der Waals surface area contributed by atoms with Crippen LogP contribution in [0.25, 0.3) is 0 Å². The summed E-state index contributed by atoms with van der Waals surface area (Å²) >= 11 is 0. The van der Waals surface area contributed by atoms with Crippen molar-refractivity contribution in [2.24, 2.45) is 0 Å². The summed E-state index contributed by atoms with van der Waals surface area (Å²) in [7, 11) is 0. The van der Waals surface area contributed by atoms with Crippen LogP contribution in [0.15, 0.2) is 78.9 Å². The van der Waals surface area contributed by atoms with E-state index in [1.54, 1.807) is 42.5 Å². The van der Waals surface area contributed by atoms with Crippen LogP contribution in [0.3, 0.4) is 0 Å². The Morgan fingerprint density at radius 1 is 0.893 bits per heavy atom. The van der Waals surface area contributed by atoms with Crippen LogP contribution in [0.4, 0.5) is 10.1 Å². The van der Waals surface area contributed by atoms with Crippen LogP contribution in [-0.4, -0.2) is 18.0 Å². The van der Waals surface area contributed by atoms with Crippen molar-refractivity contribution in [1.29, 1.82) is 0 Å². The highest BCUT2D eigenvalue weighted by atomic mass is 19.1. The zero-order valence-electron chi connectivity index (χ0n) is 15.1. The number of carbonyl (C=O) groups excluding carboxylic acids is 2. The SMILES string of the molecule is C[C@H](OC(=O)c1ccccc1Oc1ccccc1)C(=O)Nc1ccccc1F. The smallest absolute Gasteiger partial charge is 0.342 e. The highest BCUT2D eigenvalue weighted by Crippen LogP contribution is 2.26. The summed E-state index contributed by atoms with van der Waals surface area (Å²) in [4.78, 5) is 24.8. The predicted molar refractivity (Wildman–Crippen MR) is 103 cm³/mol. The molecule has 0 saturated carbocycles. The van der Waals surface area contributed by atoms with E-state index in [0.717, 1.165) is 0 Å². The Bertz CT molecular complexity index is 975. The lowest BCUT2D eigenvalue weighted by atomic mass is 10.2. The molecule has 0 aliphatic carbocycles. The Hall–Kier alpha value is -3.67. The zero-order chi connectivity index (χ0) is 19.9.